The number of unbranched alkanes of at least 4 members (excludes halogenated alkanes) is 34. The van der Waals surface area contributed by atoms with Gasteiger partial charge in [0.05, 0.1) is 25.4 Å². The molecule has 3 N–H and O–H groups in total. The fraction of sp³-hybridized carbons (Fsp3) is 0.855. The highest BCUT2D eigenvalue weighted by atomic mass is 16.5. The Labute approximate surface area is 379 Å². The number of aliphatic hydroxyl groups excluding tert-OH is 2. The van der Waals surface area contributed by atoms with E-state index >= 15 is 0 Å². The Hall–Kier alpha value is -1.92. The van der Waals surface area contributed by atoms with Crippen LogP contribution in [-0.4, -0.2) is 47.4 Å². The van der Waals surface area contributed by atoms with Gasteiger partial charge in [0.2, 0.25) is 5.91 Å². The summed E-state index contributed by atoms with van der Waals surface area (Å²) in [5.74, 6) is -0.0840. The van der Waals surface area contributed by atoms with Crippen molar-refractivity contribution >= 4 is 11.9 Å². The quantitative estimate of drug-likeness (QED) is 0.0322. The first kappa shape index (κ1) is 59.1. The van der Waals surface area contributed by atoms with Gasteiger partial charge in [0.25, 0.3) is 0 Å². The average Bonchev–Trinajstić information content (AvgIpc) is 3.26. The second kappa shape index (κ2) is 50.7. The van der Waals surface area contributed by atoms with Crippen LogP contribution in [0.1, 0.15) is 277 Å². The Morgan fingerprint density at radius 1 is 0.459 bits per heavy atom. The van der Waals surface area contributed by atoms with Crippen LogP contribution in [0.5, 0.6) is 0 Å². The number of carbonyl (C=O) groups is 2. The van der Waals surface area contributed by atoms with Crippen LogP contribution in [0, 0.1) is 0 Å². The lowest BCUT2D eigenvalue weighted by molar-refractivity contribution is -0.143. The molecule has 0 spiro atoms. The van der Waals surface area contributed by atoms with Gasteiger partial charge in [-0.25, -0.2) is 0 Å². The van der Waals surface area contributed by atoms with Crippen molar-refractivity contribution in [3.63, 3.8) is 0 Å². The van der Waals surface area contributed by atoms with E-state index < -0.39 is 12.1 Å². The first-order chi connectivity index (χ1) is 30.0. The minimum atomic E-state index is -0.848. The van der Waals surface area contributed by atoms with Gasteiger partial charge in [-0.05, 0) is 64.2 Å². The molecule has 2 atom stereocenters. The van der Waals surface area contributed by atoms with Crippen LogP contribution in [0.25, 0.3) is 0 Å². The van der Waals surface area contributed by atoms with E-state index in [0.29, 0.717) is 19.4 Å². The highest BCUT2D eigenvalue weighted by molar-refractivity contribution is 5.76. The Kier molecular flexibility index (Phi) is 49.1. The second-order valence-corrected chi connectivity index (χ2v) is 18.2. The minimum Gasteiger partial charge on any atom is -0.466 e. The Balaban J connectivity index is 3.42. The smallest absolute Gasteiger partial charge is 0.305 e. The number of esters is 1. The summed E-state index contributed by atoms with van der Waals surface area (Å²) < 4.78 is 5.48. The van der Waals surface area contributed by atoms with Crippen LogP contribution in [0.3, 0.4) is 0 Å². The summed E-state index contributed by atoms with van der Waals surface area (Å²) in [5.41, 5.74) is 0. The van der Waals surface area contributed by atoms with Crippen LogP contribution in [0.4, 0.5) is 0 Å². The molecule has 0 aliphatic heterocycles. The monoisotopic (exact) mass is 858 g/mol. The Morgan fingerprint density at radius 2 is 0.820 bits per heavy atom. The van der Waals surface area contributed by atoms with E-state index in [1.807, 2.05) is 6.08 Å². The summed E-state index contributed by atoms with van der Waals surface area (Å²) in [6.45, 7) is 4.84. The maximum absolute atomic E-state index is 12.4. The molecule has 1 amide bonds. The lowest BCUT2D eigenvalue weighted by atomic mass is 10.0. The molecule has 0 aromatic heterocycles. The molecule has 0 aliphatic rings. The number of carbonyl (C=O) groups excluding carboxylic acids is 2. The van der Waals surface area contributed by atoms with Crippen LogP contribution in [0.2, 0.25) is 0 Å². The van der Waals surface area contributed by atoms with Crippen molar-refractivity contribution in [2.75, 3.05) is 13.2 Å². The lowest BCUT2D eigenvalue weighted by Gasteiger charge is -2.20. The van der Waals surface area contributed by atoms with E-state index in [-0.39, 0.29) is 18.5 Å². The standard InChI is InChI=1S/C55H103NO5/c1-3-5-7-9-11-13-15-16-17-18-19-20-23-26-29-33-37-41-45-49-55(60)61-50-46-42-38-34-30-27-24-21-22-25-28-32-36-40-44-48-54(59)56-52(51-57)53(58)47-43-39-35-31-14-12-10-8-6-4-2/h11,13,16-17,43,47,52-53,57-58H,3-10,12,14-15,18-42,44-46,48-51H2,1-2H3,(H,56,59)/b13-11-,17-16-,47-43+. The first-order valence-electron chi connectivity index (χ1n) is 26.8. The zero-order valence-corrected chi connectivity index (χ0v) is 40.6. The third-order valence-electron chi connectivity index (χ3n) is 12.2. The number of rotatable bonds is 49. The normalized spacial score (nSPS) is 12.9. The summed E-state index contributed by atoms with van der Waals surface area (Å²) in [7, 11) is 0. The van der Waals surface area contributed by atoms with Gasteiger partial charge < -0.3 is 20.3 Å². The molecule has 0 bridgehead atoms. The number of aliphatic hydroxyl groups is 2. The molecular weight excluding hydrogens is 755 g/mol. The molecule has 0 heterocycles. The molecule has 0 saturated heterocycles. The molecule has 0 rings (SSSR count). The number of nitrogens with one attached hydrogen (secondary N) is 1. The van der Waals surface area contributed by atoms with E-state index in [9.17, 15) is 19.8 Å². The molecule has 6 nitrogen and oxygen atoms in total. The first-order valence-corrected chi connectivity index (χ1v) is 26.8. The zero-order valence-electron chi connectivity index (χ0n) is 40.6. The van der Waals surface area contributed by atoms with E-state index in [1.54, 1.807) is 6.08 Å². The summed E-state index contributed by atoms with van der Waals surface area (Å²) in [5, 5.41) is 22.9. The van der Waals surface area contributed by atoms with Gasteiger partial charge in [0.1, 0.15) is 0 Å². The van der Waals surface area contributed by atoms with Crippen molar-refractivity contribution in [1.82, 2.24) is 5.32 Å². The van der Waals surface area contributed by atoms with E-state index in [2.05, 4.69) is 43.5 Å². The number of allylic oxidation sites excluding steroid dienone is 5. The third-order valence-corrected chi connectivity index (χ3v) is 12.2. The van der Waals surface area contributed by atoms with Gasteiger partial charge in [-0.3, -0.25) is 9.59 Å². The number of hydrogen-bond donors (Lipinski definition) is 3. The molecule has 0 aliphatic carbocycles. The molecule has 6 heteroatoms. The molecule has 0 aromatic rings. The summed E-state index contributed by atoms with van der Waals surface area (Å²) in [6.07, 6.45) is 61.5. The van der Waals surface area contributed by atoms with Crippen molar-refractivity contribution in [1.29, 1.82) is 0 Å². The maximum atomic E-state index is 12.4. The van der Waals surface area contributed by atoms with Crippen LogP contribution in [0.15, 0.2) is 36.5 Å². The Bertz CT molecular complexity index is 993. The van der Waals surface area contributed by atoms with Crippen molar-refractivity contribution in [2.45, 2.75) is 289 Å². The number of hydrogen-bond acceptors (Lipinski definition) is 5. The largest absolute Gasteiger partial charge is 0.466 e. The summed E-state index contributed by atoms with van der Waals surface area (Å²) >= 11 is 0. The highest BCUT2D eigenvalue weighted by Crippen LogP contribution is 2.16. The molecule has 61 heavy (non-hydrogen) atoms. The van der Waals surface area contributed by atoms with Crippen molar-refractivity contribution in [2.24, 2.45) is 0 Å². The lowest BCUT2D eigenvalue weighted by Crippen LogP contribution is -2.45. The van der Waals surface area contributed by atoms with Crippen molar-refractivity contribution in [3.05, 3.63) is 36.5 Å². The van der Waals surface area contributed by atoms with E-state index in [1.165, 1.54) is 186 Å². The zero-order chi connectivity index (χ0) is 44.4. The van der Waals surface area contributed by atoms with Crippen molar-refractivity contribution < 1.29 is 24.5 Å². The van der Waals surface area contributed by atoms with Gasteiger partial charge in [-0.2, -0.15) is 0 Å². The molecule has 358 valence electrons. The molecule has 0 saturated carbocycles. The Morgan fingerprint density at radius 3 is 1.28 bits per heavy atom. The second-order valence-electron chi connectivity index (χ2n) is 18.2. The number of amides is 1. The van der Waals surface area contributed by atoms with Crippen molar-refractivity contribution in [3.8, 4) is 0 Å². The van der Waals surface area contributed by atoms with Crippen LogP contribution >= 0.6 is 0 Å². The molecule has 2 unspecified atom stereocenters. The maximum Gasteiger partial charge on any atom is 0.305 e. The fourth-order valence-electron chi connectivity index (χ4n) is 8.02. The van der Waals surface area contributed by atoms with Gasteiger partial charge in [-0.15, -0.1) is 0 Å². The van der Waals surface area contributed by atoms with Gasteiger partial charge in [0.15, 0.2) is 0 Å². The summed E-state index contributed by atoms with van der Waals surface area (Å²) in [6, 6.07) is -0.633. The fourth-order valence-corrected chi connectivity index (χ4v) is 8.02. The summed E-state index contributed by atoms with van der Waals surface area (Å²) in [4.78, 5) is 24.5. The van der Waals surface area contributed by atoms with Gasteiger partial charge in [0, 0.05) is 12.8 Å². The van der Waals surface area contributed by atoms with Gasteiger partial charge >= 0.3 is 5.97 Å². The topological polar surface area (TPSA) is 95.9 Å². The number of ether oxygens (including phenoxy) is 1. The predicted octanol–water partition coefficient (Wildman–Crippen LogP) is 16.1. The van der Waals surface area contributed by atoms with Crippen LogP contribution in [-0.2, 0) is 14.3 Å². The third kappa shape index (κ3) is 47.4. The molecule has 0 fully saturated rings. The SMILES string of the molecule is CCCCC/C=C\C/C=C\CCCCCCCCCCCC(=O)OCCCCCCCCCCCCCCCCCC(=O)NC(CO)C(O)/C=C/CCCCCCCCCC. The molecule has 0 aromatic carbocycles. The molecule has 0 radical (unpaired) electrons. The predicted molar refractivity (Wildman–Crippen MR) is 264 cm³/mol. The average molecular weight is 858 g/mol. The van der Waals surface area contributed by atoms with Crippen LogP contribution < -0.4 is 5.32 Å². The van der Waals surface area contributed by atoms with Gasteiger partial charge in [-0.1, -0.05) is 237 Å². The minimum absolute atomic E-state index is 0.00494. The van der Waals surface area contributed by atoms with E-state index in [0.717, 1.165) is 64.2 Å². The van der Waals surface area contributed by atoms with E-state index in [4.69, 9.17) is 4.74 Å². The highest BCUT2D eigenvalue weighted by Gasteiger charge is 2.18. The molecular formula is C55H103NO5.